The minimum atomic E-state index is -0.913. The third-order valence-electron chi connectivity index (χ3n) is 2.53. The van der Waals surface area contributed by atoms with E-state index in [0.717, 1.165) is 24.6 Å². The van der Waals surface area contributed by atoms with E-state index in [2.05, 4.69) is 14.9 Å². The zero-order valence-corrected chi connectivity index (χ0v) is 9.72. The van der Waals surface area contributed by atoms with Crippen LogP contribution in [0.3, 0.4) is 0 Å². The van der Waals surface area contributed by atoms with Gasteiger partial charge in [-0.15, -0.1) is 0 Å². The Morgan fingerprint density at radius 1 is 1.47 bits per heavy atom. The molecule has 1 N–H and O–H groups in total. The maximum Gasteiger partial charge on any atom is 0.311 e. The van der Waals surface area contributed by atoms with Crippen LogP contribution >= 0.6 is 0 Å². The molecule has 2 rings (SSSR count). The number of anilines is 1. The summed E-state index contributed by atoms with van der Waals surface area (Å²) in [5.74, 6) is 0.236. The quantitative estimate of drug-likeness (QED) is 0.812. The number of hydrogen-bond acceptors (Lipinski definition) is 5. The molecule has 2 heterocycles. The number of ether oxygens (including phenoxy) is 1. The van der Waals surface area contributed by atoms with Crippen molar-refractivity contribution in [2.24, 2.45) is 0 Å². The fraction of sp³-hybridized carbons (Fsp3) is 0.545. The van der Waals surface area contributed by atoms with Gasteiger partial charge in [-0.1, -0.05) is 0 Å². The summed E-state index contributed by atoms with van der Waals surface area (Å²) in [7, 11) is 0. The Hall–Kier alpha value is -1.69. The molecule has 0 aliphatic carbocycles. The highest BCUT2D eigenvalue weighted by Gasteiger charge is 2.14. The van der Waals surface area contributed by atoms with Crippen molar-refractivity contribution in [2.45, 2.75) is 13.3 Å². The molecule has 0 amide bonds. The largest absolute Gasteiger partial charge is 0.481 e. The molecule has 1 aromatic heterocycles. The molecule has 92 valence electrons. The van der Waals surface area contributed by atoms with Crippen LogP contribution in [-0.2, 0) is 16.0 Å². The molecular weight excluding hydrogens is 222 g/mol. The molecule has 1 aromatic rings. The number of aliphatic carboxylic acids is 1. The van der Waals surface area contributed by atoms with Gasteiger partial charge in [-0.05, 0) is 6.92 Å². The van der Waals surface area contributed by atoms with E-state index in [9.17, 15) is 4.79 Å². The summed E-state index contributed by atoms with van der Waals surface area (Å²) in [6.07, 6.45) is -0.140. The molecule has 1 aliphatic heterocycles. The monoisotopic (exact) mass is 237 g/mol. The Bertz CT molecular complexity index is 416. The van der Waals surface area contributed by atoms with Gasteiger partial charge in [0.15, 0.2) is 0 Å². The van der Waals surface area contributed by atoms with E-state index in [1.165, 1.54) is 0 Å². The van der Waals surface area contributed by atoms with Crippen molar-refractivity contribution in [1.29, 1.82) is 0 Å². The first-order valence-electron chi connectivity index (χ1n) is 5.54. The fourth-order valence-corrected chi connectivity index (χ4v) is 1.78. The summed E-state index contributed by atoms with van der Waals surface area (Å²) in [6.45, 7) is 4.76. The van der Waals surface area contributed by atoms with Gasteiger partial charge < -0.3 is 14.7 Å². The van der Waals surface area contributed by atoms with Crippen molar-refractivity contribution >= 4 is 11.8 Å². The topological polar surface area (TPSA) is 75.5 Å². The van der Waals surface area contributed by atoms with Crippen molar-refractivity contribution in [1.82, 2.24) is 9.97 Å². The molecule has 1 fully saturated rings. The molecule has 6 nitrogen and oxygen atoms in total. The Kier molecular flexibility index (Phi) is 3.53. The van der Waals surface area contributed by atoms with Crippen molar-refractivity contribution in [3.8, 4) is 0 Å². The molecule has 0 radical (unpaired) electrons. The van der Waals surface area contributed by atoms with Crippen molar-refractivity contribution in [3.63, 3.8) is 0 Å². The number of carboxylic acid groups (broad SMARTS) is 1. The third kappa shape index (κ3) is 3.13. The van der Waals surface area contributed by atoms with Crippen LogP contribution in [0.25, 0.3) is 0 Å². The SMILES string of the molecule is Cc1cc(N2CCOCC2)nc(CC(=O)O)n1. The van der Waals surface area contributed by atoms with Gasteiger partial charge in [-0.25, -0.2) is 9.97 Å². The van der Waals surface area contributed by atoms with E-state index in [4.69, 9.17) is 9.84 Å². The summed E-state index contributed by atoms with van der Waals surface area (Å²) < 4.78 is 5.27. The van der Waals surface area contributed by atoms with E-state index in [-0.39, 0.29) is 6.42 Å². The predicted octanol–water partition coefficient (Wildman–Crippen LogP) is 0.249. The first-order valence-corrected chi connectivity index (χ1v) is 5.54. The molecular formula is C11H15N3O3. The molecule has 17 heavy (non-hydrogen) atoms. The van der Waals surface area contributed by atoms with Gasteiger partial charge in [-0.2, -0.15) is 0 Å². The summed E-state index contributed by atoms with van der Waals surface area (Å²) in [5.41, 5.74) is 0.790. The van der Waals surface area contributed by atoms with Crippen LogP contribution < -0.4 is 4.90 Å². The standard InChI is InChI=1S/C11H15N3O3/c1-8-6-10(14-2-4-17-5-3-14)13-9(12-8)7-11(15)16/h6H,2-5,7H2,1H3,(H,15,16). The molecule has 1 saturated heterocycles. The molecule has 0 unspecified atom stereocenters. The van der Waals surface area contributed by atoms with Crippen LogP contribution in [-0.4, -0.2) is 47.3 Å². The Labute approximate surface area is 99.2 Å². The molecule has 6 heteroatoms. The minimum absolute atomic E-state index is 0.140. The third-order valence-corrected chi connectivity index (χ3v) is 2.53. The number of morpholine rings is 1. The second-order valence-corrected chi connectivity index (χ2v) is 3.95. The normalized spacial score (nSPS) is 15.9. The molecule has 1 aliphatic rings. The van der Waals surface area contributed by atoms with Crippen LogP contribution in [0.1, 0.15) is 11.5 Å². The first-order chi connectivity index (χ1) is 8.15. The van der Waals surface area contributed by atoms with E-state index >= 15 is 0 Å². The Morgan fingerprint density at radius 3 is 2.82 bits per heavy atom. The smallest absolute Gasteiger partial charge is 0.311 e. The van der Waals surface area contributed by atoms with Gasteiger partial charge in [0.05, 0.1) is 13.2 Å². The maximum atomic E-state index is 10.7. The number of nitrogens with zero attached hydrogens (tertiary/aromatic N) is 3. The number of aromatic nitrogens is 2. The fourth-order valence-electron chi connectivity index (χ4n) is 1.78. The molecule has 0 saturated carbocycles. The molecule has 0 bridgehead atoms. The zero-order chi connectivity index (χ0) is 12.3. The van der Waals surface area contributed by atoms with Gasteiger partial charge in [0, 0.05) is 24.8 Å². The second-order valence-electron chi connectivity index (χ2n) is 3.95. The lowest BCUT2D eigenvalue weighted by molar-refractivity contribution is -0.136. The van der Waals surface area contributed by atoms with Gasteiger partial charge >= 0.3 is 5.97 Å². The van der Waals surface area contributed by atoms with E-state index in [0.29, 0.717) is 19.0 Å². The van der Waals surface area contributed by atoms with Crippen LogP contribution in [0.15, 0.2) is 6.07 Å². The number of rotatable bonds is 3. The molecule has 0 aromatic carbocycles. The number of carboxylic acids is 1. The highest BCUT2D eigenvalue weighted by atomic mass is 16.5. The van der Waals surface area contributed by atoms with Gasteiger partial charge in [0.2, 0.25) is 0 Å². The van der Waals surface area contributed by atoms with Crippen molar-refractivity contribution in [2.75, 3.05) is 31.2 Å². The lowest BCUT2D eigenvalue weighted by Gasteiger charge is -2.28. The van der Waals surface area contributed by atoms with E-state index in [1.807, 2.05) is 13.0 Å². The Morgan fingerprint density at radius 2 is 2.18 bits per heavy atom. The highest BCUT2D eigenvalue weighted by molar-refractivity contribution is 5.69. The predicted molar refractivity (Wildman–Crippen MR) is 61.1 cm³/mol. The summed E-state index contributed by atoms with van der Waals surface area (Å²) in [4.78, 5) is 21.1. The van der Waals surface area contributed by atoms with E-state index < -0.39 is 5.97 Å². The van der Waals surface area contributed by atoms with Gasteiger partial charge in [0.25, 0.3) is 0 Å². The second kappa shape index (κ2) is 5.09. The lowest BCUT2D eigenvalue weighted by Crippen LogP contribution is -2.37. The lowest BCUT2D eigenvalue weighted by atomic mass is 10.3. The summed E-state index contributed by atoms with van der Waals surface area (Å²) in [5, 5.41) is 8.75. The van der Waals surface area contributed by atoms with Crippen LogP contribution in [0.4, 0.5) is 5.82 Å². The maximum absolute atomic E-state index is 10.7. The van der Waals surface area contributed by atoms with Crippen molar-refractivity contribution in [3.05, 3.63) is 17.6 Å². The number of aryl methyl sites for hydroxylation is 1. The van der Waals surface area contributed by atoms with Crippen molar-refractivity contribution < 1.29 is 14.6 Å². The summed E-state index contributed by atoms with van der Waals surface area (Å²) in [6, 6.07) is 1.87. The summed E-state index contributed by atoms with van der Waals surface area (Å²) >= 11 is 0. The number of hydrogen-bond donors (Lipinski definition) is 1. The van der Waals surface area contributed by atoms with E-state index in [1.54, 1.807) is 0 Å². The highest BCUT2D eigenvalue weighted by Crippen LogP contribution is 2.14. The minimum Gasteiger partial charge on any atom is -0.481 e. The zero-order valence-electron chi connectivity index (χ0n) is 9.72. The Balaban J connectivity index is 2.20. The molecule has 0 spiro atoms. The average Bonchev–Trinajstić information content (AvgIpc) is 2.28. The average molecular weight is 237 g/mol. The van der Waals surface area contributed by atoms with Gasteiger partial charge in [-0.3, -0.25) is 4.79 Å². The van der Waals surface area contributed by atoms with Gasteiger partial charge in [0.1, 0.15) is 18.1 Å². The van der Waals surface area contributed by atoms with Crippen LogP contribution in [0.5, 0.6) is 0 Å². The van der Waals surface area contributed by atoms with Crippen LogP contribution in [0, 0.1) is 6.92 Å². The number of carbonyl (C=O) groups is 1. The van der Waals surface area contributed by atoms with Crippen LogP contribution in [0.2, 0.25) is 0 Å². The first kappa shape index (κ1) is 11.8. The molecule has 0 atom stereocenters.